The van der Waals surface area contributed by atoms with E-state index in [1.165, 1.54) is 5.57 Å². The van der Waals surface area contributed by atoms with Gasteiger partial charge in [-0.15, -0.1) is 0 Å². The summed E-state index contributed by atoms with van der Waals surface area (Å²) in [6.45, 7) is 10.8. The van der Waals surface area contributed by atoms with E-state index in [-0.39, 0.29) is 12.0 Å². The van der Waals surface area contributed by atoms with Crippen LogP contribution >= 0.6 is 0 Å². The lowest BCUT2D eigenvalue weighted by Gasteiger charge is -2.24. The lowest BCUT2D eigenvalue weighted by Crippen LogP contribution is -2.39. The van der Waals surface area contributed by atoms with Crippen LogP contribution in [0.5, 0.6) is 0 Å². The number of carbonyl (C=O) groups is 1. The van der Waals surface area contributed by atoms with Crippen molar-refractivity contribution in [3.8, 4) is 0 Å². The molecule has 6 heteroatoms. The number of nitrogens with one attached hydrogen (secondary N) is 1. The molecule has 2 N–H and O–H groups in total. The average molecular weight is 436 g/mol. The predicted molar refractivity (Wildman–Crippen MR) is 129 cm³/mol. The zero-order valence-corrected chi connectivity index (χ0v) is 19.6. The Kier molecular flexibility index (Phi) is 7.94. The van der Waals surface area contributed by atoms with Crippen molar-refractivity contribution in [3.63, 3.8) is 0 Å². The molecule has 0 bridgehead atoms. The molecular formula is C26H33N3O3. The Labute approximate surface area is 190 Å². The minimum atomic E-state index is -0.476. The molecule has 0 radical (unpaired) electrons. The third kappa shape index (κ3) is 5.31. The predicted octanol–water partition coefficient (Wildman–Crippen LogP) is 5.20. The summed E-state index contributed by atoms with van der Waals surface area (Å²) in [7, 11) is 0. The molecular weight excluding hydrogens is 402 g/mol. The van der Waals surface area contributed by atoms with Crippen LogP contribution in [0.25, 0.3) is 16.3 Å². The number of aliphatic hydroxyl groups is 1. The second-order valence-electron chi connectivity index (χ2n) is 8.17. The van der Waals surface area contributed by atoms with Crippen molar-refractivity contribution in [2.24, 2.45) is 0 Å². The third-order valence-corrected chi connectivity index (χ3v) is 5.98. The van der Waals surface area contributed by atoms with E-state index in [0.717, 1.165) is 46.0 Å². The van der Waals surface area contributed by atoms with E-state index < -0.39 is 6.10 Å². The number of ether oxygens (including phenoxy) is 1. The van der Waals surface area contributed by atoms with Gasteiger partial charge in [-0.05, 0) is 62.5 Å². The number of amides is 1. The van der Waals surface area contributed by atoms with Crippen LogP contribution in [-0.2, 0) is 9.53 Å². The number of aliphatic hydroxyl groups excluding tert-OH is 1. The van der Waals surface area contributed by atoms with E-state index in [9.17, 15) is 9.90 Å². The van der Waals surface area contributed by atoms with E-state index in [1.807, 2.05) is 39.0 Å². The fourth-order valence-corrected chi connectivity index (χ4v) is 3.72. The zero-order valence-electron chi connectivity index (χ0n) is 19.6. The number of anilines is 1. The van der Waals surface area contributed by atoms with Gasteiger partial charge in [0.25, 0.3) is 5.91 Å². The highest BCUT2D eigenvalue weighted by atomic mass is 16.5. The highest BCUT2D eigenvalue weighted by Crippen LogP contribution is 2.28. The highest BCUT2D eigenvalue weighted by Gasteiger charge is 2.26. The molecule has 1 aliphatic rings. The molecule has 0 aliphatic carbocycles. The average Bonchev–Trinajstić information content (AvgIpc) is 2.75. The van der Waals surface area contributed by atoms with Gasteiger partial charge in [0.2, 0.25) is 0 Å². The molecule has 1 fully saturated rings. The number of hydrogen-bond acceptors (Lipinski definition) is 5. The minimum absolute atomic E-state index is 0.162. The van der Waals surface area contributed by atoms with E-state index >= 15 is 0 Å². The number of rotatable bonds is 8. The molecule has 6 nitrogen and oxygen atoms in total. The van der Waals surface area contributed by atoms with Crippen LogP contribution in [0.4, 0.5) is 5.82 Å². The molecule has 32 heavy (non-hydrogen) atoms. The van der Waals surface area contributed by atoms with Gasteiger partial charge in [-0.25, -0.2) is 4.98 Å². The number of allylic oxidation sites excluding steroid dienone is 4. The highest BCUT2D eigenvalue weighted by molar-refractivity contribution is 5.96. The Morgan fingerprint density at radius 3 is 2.53 bits per heavy atom. The van der Waals surface area contributed by atoms with Crippen molar-refractivity contribution < 1.29 is 14.6 Å². The van der Waals surface area contributed by atoms with Crippen molar-refractivity contribution in [3.05, 3.63) is 59.1 Å². The number of nitrogens with zero attached hydrogens (tertiary/aromatic N) is 2. The molecule has 0 spiro atoms. The zero-order chi connectivity index (χ0) is 23.3. The number of carbonyl (C=O) groups excluding carboxylic acids is 1. The quantitative estimate of drug-likeness (QED) is 0.557. The summed E-state index contributed by atoms with van der Waals surface area (Å²) in [5, 5.41) is 15.1. The van der Waals surface area contributed by atoms with E-state index in [4.69, 9.17) is 4.74 Å². The Morgan fingerprint density at radius 2 is 1.94 bits per heavy atom. The first-order valence-corrected chi connectivity index (χ1v) is 11.3. The monoisotopic (exact) mass is 435 g/mol. The van der Waals surface area contributed by atoms with Gasteiger partial charge < -0.3 is 15.2 Å². The maximum Gasteiger partial charge on any atom is 0.254 e. The molecule has 2 aromatic rings. The molecule has 2 atom stereocenters. The van der Waals surface area contributed by atoms with Crippen molar-refractivity contribution in [2.45, 2.75) is 66.1 Å². The van der Waals surface area contributed by atoms with Gasteiger partial charge in [0.05, 0.1) is 18.4 Å². The molecule has 1 aliphatic heterocycles. The van der Waals surface area contributed by atoms with Crippen LogP contribution in [0, 0.1) is 0 Å². The van der Waals surface area contributed by atoms with Crippen molar-refractivity contribution in [1.29, 1.82) is 0 Å². The number of aromatic nitrogens is 2. The first-order valence-electron chi connectivity index (χ1n) is 11.3. The summed E-state index contributed by atoms with van der Waals surface area (Å²) in [5.74, 6) is 0.332. The van der Waals surface area contributed by atoms with Gasteiger partial charge in [0.1, 0.15) is 11.9 Å². The Morgan fingerprint density at radius 1 is 1.25 bits per heavy atom. The maximum atomic E-state index is 12.1. The molecule has 1 saturated heterocycles. The van der Waals surface area contributed by atoms with Crippen LogP contribution < -0.4 is 5.32 Å². The first kappa shape index (κ1) is 23.8. The summed E-state index contributed by atoms with van der Waals surface area (Å²) in [5.41, 5.74) is 5.06. The van der Waals surface area contributed by atoms with Crippen LogP contribution in [0.3, 0.4) is 0 Å². The van der Waals surface area contributed by atoms with Crippen LogP contribution in [0.1, 0.15) is 59.6 Å². The van der Waals surface area contributed by atoms with Crippen LogP contribution in [0.15, 0.2) is 53.4 Å². The molecule has 3 rings (SSSR count). The Hall–Kier alpha value is -2.83. The topological polar surface area (TPSA) is 84.3 Å². The number of hydrogen-bond donors (Lipinski definition) is 2. The molecule has 3 heterocycles. The molecule has 0 aromatic carbocycles. The second-order valence-corrected chi connectivity index (χ2v) is 8.17. The summed E-state index contributed by atoms with van der Waals surface area (Å²) < 4.78 is 5.22. The van der Waals surface area contributed by atoms with Gasteiger partial charge in [-0.3, -0.25) is 9.78 Å². The number of fused-ring (bicyclic) bond motifs is 1. The lowest BCUT2D eigenvalue weighted by molar-refractivity contribution is -0.139. The smallest absolute Gasteiger partial charge is 0.254 e. The standard InChI is InChI=1S/C26H33N3O3/c1-6-16(4)21(23(30)8-3)11-17(5)20(7-2)22-12-18-15-28-25(13-19(18)14-27-22)29-26(31)24-9-10-32-24/h7,11-15,23-24,30H,6,8-10H2,1-5H3,(H,28,29,31)/b17-11-,20-7+,21-16-. The van der Waals surface area contributed by atoms with Gasteiger partial charge in [-0.2, -0.15) is 0 Å². The Bertz CT molecular complexity index is 1080. The molecule has 2 aromatic heterocycles. The van der Waals surface area contributed by atoms with Crippen molar-refractivity contribution in [2.75, 3.05) is 11.9 Å². The summed E-state index contributed by atoms with van der Waals surface area (Å²) >= 11 is 0. The van der Waals surface area contributed by atoms with Crippen LogP contribution in [-0.4, -0.2) is 39.8 Å². The summed E-state index contributed by atoms with van der Waals surface area (Å²) in [6.07, 6.45) is 9.13. The summed E-state index contributed by atoms with van der Waals surface area (Å²) in [6, 6.07) is 3.83. The van der Waals surface area contributed by atoms with Gasteiger partial charge in [0, 0.05) is 29.6 Å². The fraction of sp³-hybridized carbons (Fsp3) is 0.423. The maximum absolute atomic E-state index is 12.1. The molecule has 1 amide bonds. The summed E-state index contributed by atoms with van der Waals surface area (Å²) in [4.78, 5) is 21.1. The van der Waals surface area contributed by atoms with Crippen LogP contribution in [0.2, 0.25) is 0 Å². The SMILES string of the molecule is C\C=C(/C(C)=C\C(=C(/C)CC)C(O)CC)c1cc2cnc(NC(=O)C3CCO3)cc2cn1. The lowest BCUT2D eigenvalue weighted by atomic mass is 9.94. The van der Waals surface area contributed by atoms with Gasteiger partial charge in [-0.1, -0.05) is 31.6 Å². The van der Waals surface area contributed by atoms with Gasteiger partial charge >= 0.3 is 0 Å². The normalized spacial score (nSPS) is 18.8. The minimum Gasteiger partial charge on any atom is -0.388 e. The Balaban J connectivity index is 1.88. The molecule has 2 unspecified atom stereocenters. The largest absolute Gasteiger partial charge is 0.388 e. The second kappa shape index (κ2) is 10.7. The third-order valence-electron chi connectivity index (χ3n) is 5.98. The molecule has 0 saturated carbocycles. The van der Waals surface area contributed by atoms with E-state index in [2.05, 4.69) is 35.2 Å². The van der Waals surface area contributed by atoms with E-state index in [0.29, 0.717) is 18.8 Å². The van der Waals surface area contributed by atoms with E-state index in [1.54, 1.807) is 12.4 Å². The van der Waals surface area contributed by atoms with Crippen molar-refractivity contribution in [1.82, 2.24) is 9.97 Å². The number of pyridine rings is 2. The first-order chi connectivity index (χ1) is 15.4. The molecule has 170 valence electrons. The fourth-order valence-electron chi connectivity index (χ4n) is 3.72. The van der Waals surface area contributed by atoms with Gasteiger partial charge in [0.15, 0.2) is 0 Å². The van der Waals surface area contributed by atoms with Crippen molar-refractivity contribution >= 4 is 28.1 Å².